The Hall–Kier alpha value is -2.51. The summed E-state index contributed by atoms with van der Waals surface area (Å²) < 4.78 is 10.4. The third kappa shape index (κ3) is 4.06. The molecule has 3 aromatic rings. The van der Waals surface area contributed by atoms with Crippen LogP contribution < -0.4 is 10.1 Å². The van der Waals surface area contributed by atoms with Crippen LogP contribution in [0, 0.1) is 0 Å². The molecule has 2 heterocycles. The molecule has 2 aromatic heterocycles. The molecule has 24 heavy (non-hydrogen) atoms. The number of thiazole rings is 1. The van der Waals surface area contributed by atoms with Crippen LogP contribution >= 0.6 is 11.3 Å². The average Bonchev–Trinajstić information content (AvgIpc) is 3.05. The number of carbonyl (C=O) groups excluding carboxylic acids is 1. The first-order valence-electron chi connectivity index (χ1n) is 7.46. The van der Waals surface area contributed by atoms with Gasteiger partial charge in [0.2, 0.25) is 0 Å². The lowest BCUT2D eigenvalue weighted by Gasteiger charge is -2.07. The van der Waals surface area contributed by atoms with E-state index < -0.39 is 0 Å². The molecule has 0 atom stereocenters. The maximum Gasteiger partial charge on any atom is 0.280 e. The van der Waals surface area contributed by atoms with E-state index in [1.54, 1.807) is 19.4 Å². The number of amides is 1. The molecule has 0 fully saturated rings. The molecule has 1 aromatic carbocycles. The second-order valence-corrected chi connectivity index (χ2v) is 5.99. The average molecular weight is 343 g/mol. The number of rotatable bonds is 7. The Labute approximate surface area is 143 Å². The zero-order chi connectivity index (χ0) is 16.8. The van der Waals surface area contributed by atoms with Crippen LogP contribution in [0.2, 0.25) is 0 Å². The van der Waals surface area contributed by atoms with E-state index in [-0.39, 0.29) is 5.91 Å². The van der Waals surface area contributed by atoms with Gasteiger partial charge in [0, 0.05) is 19.9 Å². The summed E-state index contributed by atoms with van der Waals surface area (Å²) in [6.07, 6.45) is 1.69. The summed E-state index contributed by atoms with van der Waals surface area (Å²) in [5, 5.41) is 3.29. The van der Waals surface area contributed by atoms with Crippen LogP contribution in [0.15, 0.2) is 42.6 Å². The minimum absolute atomic E-state index is 0.196. The van der Waals surface area contributed by atoms with Gasteiger partial charge in [0.05, 0.1) is 6.61 Å². The lowest BCUT2D eigenvalue weighted by Crippen LogP contribution is -2.22. The largest absolute Gasteiger partial charge is 0.491 e. The number of pyridine rings is 1. The molecule has 1 N–H and O–H groups in total. The number of aromatic nitrogens is 2. The first kappa shape index (κ1) is 16.4. The monoisotopic (exact) mass is 343 g/mol. The third-order valence-corrected chi connectivity index (χ3v) is 4.27. The smallest absolute Gasteiger partial charge is 0.280 e. The maximum absolute atomic E-state index is 12.2. The van der Waals surface area contributed by atoms with Crippen LogP contribution in [0.25, 0.3) is 10.3 Å². The highest BCUT2D eigenvalue weighted by molar-refractivity contribution is 7.19. The fraction of sp³-hybridized carbons (Fsp3) is 0.235. The van der Waals surface area contributed by atoms with Crippen molar-refractivity contribution >= 4 is 27.6 Å². The highest BCUT2D eigenvalue weighted by Crippen LogP contribution is 2.19. The molecule has 0 radical (unpaired) electrons. The highest BCUT2D eigenvalue weighted by Gasteiger charge is 2.12. The van der Waals surface area contributed by atoms with Gasteiger partial charge in [-0.25, -0.2) is 9.97 Å². The number of benzene rings is 1. The Morgan fingerprint density at radius 2 is 2.04 bits per heavy atom. The molecule has 0 aliphatic heterocycles. The van der Waals surface area contributed by atoms with Crippen LogP contribution in [0.3, 0.4) is 0 Å². The topological polar surface area (TPSA) is 73.3 Å². The molecular formula is C17H17N3O3S. The summed E-state index contributed by atoms with van der Waals surface area (Å²) >= 11 is 1.29. The second kappa shape index (κ2) is 7.85. The van der Waals surface area contributed by atoms with Gasteiger partial charge < -0.3 is 14.8 Å². The zero-order valence-electron chi connectivity index (χ0n) is 13.2. The van der Waals surface area contributed by atoms with Crippen LogP contribution in [-0.4, -0.2) is 36.2 Å². The number of methoxy groups -OCH3 is 1. The van der Waals surface area contributed by atoms with E-state index in [1.807, 2.05) is 30.3 Å². The minimum atomic E-state index is -0.196. The fourth-order valence-corrected chi connectivity index (χ4v) is 2.90. The molecule has 0 bridgehead atoms. The van der Waals surface area contributed by atoms with Crippen molar-refractivity contribution in [3.05, 3.63) is 53.2 Å². The summed E-state index contributed by atoms with van der Waals surface area (Å²) in [6.45, 7) is 1.49. The summed E-state index contributed by atoms with van der Waals surface area (Å²) in [5.74, 6) is 0.581. The lowest BCUT2D eigenvalue weighted by atomic mass is 10.2. The molecule has 0 aliphatic carbocycles. The van der Waals surface area contributed by atoms with Crippen LogP contribution in [0.5, 0.6) is 5.75 Å². The second-order valence-electron chi connectivity index (χ2n) is 5.01. The minimum Gasteiger partial charge on any atom is -0.491 e. The molecule has 3 rings (SSSR count). The van der Waals surface area contributed by atoms with Gasteiger partial charge in [-0.15, -0.1) is 0 Å². The van der Waals surface area contributed by atoms with Crippen molar-refractivity contribution in [1.29, 1.82) is 0 Å². The Bertz CT molecular complexity index is 784. The van der Waals surface area contributed by atoms with Gasteiger partial charge in [0.1, 0.15) is 22.7 Å². The number of ether oxygens (including phenoxy) is 2. The lowest BCUT2D eigenvalue weighted by molar-refractivity contribution is 0.0950. The van der Waals surface area contributed by atoms with Crippen molar-refractivity contribution < 1.29 is 14.3 Å². The fourth-order valence-electron chi connectivity index (χ4n) is 2.07. The van der Waals surface area contributed by atoms with Crippen molar-refractivity contribution in [2.45, 2.75) is 6.54 Å². The van der Waals surface area contributed by atoms with E-state index in [4.69, 9.17) is 9.47 Å². The Morgan fingerprint density at radius 1 is 1.21 bits per heavy atom. The predicted octanol–water partition coefficient (Wildman–Crippen LogP) is 2.65. The van der Waals surface area contributed by atoms with Gasteiger partial charge >= 0.3 is 0 Å². The number of nitrogens with one attached hydrogen (secondary N) is 1. The van der Waals surface area contributed by atoms with E-state index in [0.717, 1.165) is 21.7 Å². The highest BCUT2D eigenvalue weighted by atomic mass is 32.1. The molecule has 1 amide bonds. The zero-order valence-corrected chi connectivity index (χ0v) is 14.0. The maximum atomic E-state index is 12.2. The Morgan fingerprint density at radius 3 is 2.79 bits per heavy atom. The summed E-state index contributed by atoms with van der Waals surface area (Å²) in [6, 6.07) is 11.2. The van der Waals surface area contributed by atoms with Gasteiger partial charge in [-0.2, -0.15) is 0 Å². The first-order valence-corrected chi connectivity index (χ1v) is 8.28. The number of hydrogen-bond acceptors (Lipinski definition) is 6. The van der Waals surface area contributed by atoms with Gasteiger partial charge in [-0.1, -0.05) is 23.5 Å². The Kier molecular flexibility index (Phi) is 5.35. The summed E-state index contributed by atoms with van der Waals surface area (Å²) in [5.41, 5.74) is 1.73. The van der Waals surface area contributed by atoms with E-state index in [9.17, 15) is 4.79 Å². The molecule has 0 spiro atoms. The molecule has 7 heteroatoms. The first-order chi connectivity index (χ1) is 11.8. The van der Waals surface area contributed by atoms with Crippen LogP contribution in [0.4, 0.5) is 0 Å². The SMILES string of the molecule is COCCOc1ccc(CNC(=O)c2nc3cccnc3s2)cc1. The molecule has 0 saturated carbocycles. The molecule has 0 unspecified atom stereocenters. The number of nitrogens with zero attached hydrogens (tertiary/aromatic N) is 2. The van der Waals surface area contributed by atoms with Gasteiger partial charge in [-0.3, -0.25) is 4.79 Å². The number of hydrogen-bond donors (Lipinski definition) is 1. The van der Waals surface area contributed by atoms with E-state index in [2.05, 4.69) is 15.3 Å². The van der Waals surface area contributed by atoms with Crippen LogP contribution in [-0.2, 0) is 11.3 Å². The summed E-state index contributed by atoms with van der Waals surface area (Å²) in [7, 11) is 1.64. The van der Waals surface area contributed by atoms with Gasteiger partial charge in [-0.05, 0) is 29.8 Å². The van der Waals surface area contributed by atoms with E-state index >= 15 is 0 Å². The normalized spacial score (nSPS) is 10.7. The van der Waals surface area contributed by atoms with Crippen molar-refractivity contribution in [1.82, 2.24) is 15.3 Å². The van der Waals surface area contributed by atoms with Crippen LogP contribution in [0.1, 0.15) is 15.4 Å². The molecule has 0 aliphatic rings. The third-order valence-electron chi connectivity index (χ3n) is 3.29. The van der Waals surface area contributed by atoms with Crippen molar-refractivity contribution in [3.8, 4) is 5.75 Å². The van der Waals surface area contributed by atoms with Crippen molar-refractivity contribution in [3.63, 3.8) is 0 Å². The predicted molar refractivity (Wildman–Crippen MR) is 92.4 cm³/mol. The number of carbonyl (C=O) groups is 1. The van der Waals surface area contributed by atoms with E-state index in [0.29, 0.717) is 24.8 Å². The molecule has 0 saturated heterocycles. The Balaban J connectivity index is 1.55. The molecule has 6 nitrogen and oxygen atoms in total. The standard InChI is InChI=1S/C17H17N3O3S/c1-22-9-10-23-13-6-4-12(5-7-13)11-19-15(21)17-20-14-3-2-8-18-16(14)24-17/h2-8H,9-11H2,1H3,(H,19,21). The van der Waals surface area contributed by atoms with Crippen molar-refractivity contribution in [2.24, 2.45) is 0 Å². The summed E-state index contributed by atoms with van der Waals surface area (Å²) in [4.78, 5) is 21.5. The molecular weight excluding hydrogens is 326 g/mol. The van der Waals surface area contributed by atoms with Crippen molar-refractivity contribution in [2.75, 3.05) is 20.3 Å². The number of fused-ring (bicyclic) bond motifs is 1. The van der Waals surface area contributed by atoms with Gasteiger partial charge in [0.15, 0.2) is 5.01 Å². The van der Waals surface area contributed by atoms with Gasteiger partial charge in [0.25, 0.3) is 5.91 Å². The van der Waals surface area contributed by atoms with E-state index in [1.165, 1.54) is 11.3 Å². The molecule has 124 valence electrons. The quantitative estimate of drug-likeness (QED) is 0.668.